The molecule has 130 valence electrons. The average Bonchev–Trinajstić information content (AvgIpc) is 2.67. The van der Waals surface area contributed by atoms with Crippen LogP contribution in [0.2, 0.25) is 0 Å². The van der Waals surface area contributed by atoms with Crippen molar-refractivity contribution in [1.29, 1.82) is 0 Å². The third kappa shape index (κ3) is 3.67. The molecule has 1 aromatic heterocycles. The Hall–Kier alpha value is -3.74. The van der Waals surface area contributed by atoms with Crippen molar-refractivity contribution in [3.05, 3.63) is 94.4 Å². The fourth-order valence-corrected chi connectivity index (χ4v) is 2.46. The second kappa shape index (κ2) is 7.43. The summed E-state index contributed by atoms with van der Waals surface area (Å²) in [5.74, 6) is -1.30. The predicted octanol–water partition coefficient (Wildman–Crippen LogP) is 1.19. The van der Waals surface area contributed by atoms with Crippen molar-refractivity contribution in [2.75, 3.05) is 0 Å². The van der Waals surface area contributed by atoms with Gasteiger partial charge in [0.05, 0.1) is 5.69 Å². The maximum Gasteiger partial charge on any atom is 0.272 e. The lowest BCUT2D eigenvalue weighted by molar-refractivity contribution is -0.120. The minimum atomic E-state index is -0.998. The van der Waals surface area contributed by atoms with Crippen LogP contribution in [-0.4, -0.2) is 21.6 Å². The number of nitrogens with two attached hydrogens (primary N) is 1. The van der Waals surface area contributed by atoms with Gasteiger partial charge >= 0.3 is 0 Å². The first kappa shape index (κ1) is 17.1. The second-order valence-corrected chi connectivity index (χ2v) is 5.52. The van der Waals surface area contributed by atoms with E-state index in [4.69, 9.17) is 5.73 Å². The van der Waals surface area contributed by atoms with Gasteiger partial charge in [0.1, 0.15) is 11.7 Å². The lowest BCUT2D eigenvalue weighted by atomic mass is 10.1. The van der Waals surface area contributed by atoms with Gasteiger partial charge < -0.3 is 11.1 Å². The molecule has 7 heteroatoms. The van der Waals surface area contributed by atoms with Gasteiger partial charge in [-0.15, -0.1) is 0 Å². The Morgan fingerprint density at radius 3 is 2.15 bits per heavy atom. The van der Waals surface area contributed by atoms with E-state index in [0.29, 0.717) is 11.3 Å². The fraction of sp³-hybridized carbons (Fsp3) is 0.0526. The summed E-state index contributed by atoms with van der Waals surface area (Å²) < 4.78 is 1.12. The number of benzene rings is 2. The van der Waals surface area contributed by atoms with E-state index in [2.05, 4.69) is 10.4 Å². The van der Waals surface area contributed by atoms with Gasteiger partial charge in [0, 0.05) is 6.07 Å². The molecule has 0 fully saturated rings. The largest absolute Gasteiger partial charge is 0.368 e. The number of aromatic nitrogens is 2. The molecule has 0 saturated carbocycles. The summed E-state index contributed by atoms with van der Waals surface area (Å²) >= 11 is 0. The molecule has 0 aliphatic carbocycles. The maximum absolute atomic E-state index is 12.5. The van der Waals surface area contributed by atoms with Crippen molar-refractivity contribution < 1.29 is 9.59 Å². The zero-order valence-corrected chi connectivity index (χ0v) is 13.7. The van der Waals surface area contributed by atoms with Crippen LogP contribution in [0.5, 0.6) is 0 Å². The van der Waals surface area contributed by atoms with Crippen molar-refractivity contribution >= 4 is 11.8 Å². The van der Waals surface area contributed by atoms with Crippen LogP contribution in [0.4, 0.5) is 0 Å². The number of nitrogens with zero attached hydrogens (tertiary/aromatic N) is 2. The summed E-state index contributed by atoms with van der Waals surface area (Å²) in [4.78, 5) is 36.3. The molecule has 3 N–H and O–H groups in total. The first-order chi connectivity index (χ1) is 12.6. The molecule has 0 unspecified atom stereocenters. The highest BCUT2D eigenvalue weighted by Gasteiger charge is 2.22. The highest BCUT2D eigenvalue weighted by atomic mass is 16.2. The van der Waals surface area contributed by atoms with Gasteiger partial charge in [-0.25, -0.2) is 0 Å². The van der Waals surface area contributed by atoms with Crippen LogP contribution in [0, 0.1) is 0 Å². The van der Waals surface area contributed by atoms with E-state index in [-0.39, 0.29) is 11.3 Å². The van der Waals surface area contributed by atoms with Crippen LogP contribution < -0.4 is 16.6 Å². The van der Waals surface area contributed by atoms with Crippen LogP contribution in [0.3, 0.4) is 0 Å². The Morgan fingerprint density at radius 2 is 1.54 bits per heavy atom. The first-order valence-corrected chi connectivity index (χ1v) is 7.87. The number of amides is 2. The minimum Gasteiger partial charge on any atom is -0.368 e. The van der Waals surface area contributed by atoms with E-state index < -0.39 is 17.9 Å². The van der Waals surface area contributed by atoms with Crippen molar-refractivity contribution in [2.45, 2.75) is 6.04 Å². The van der Waals surface area contributed by atoms with E-state index in [1.807, 2.05) is 6.07 Å². The van der Waals surface area contributed by atoms with Crippen molar-refractivity contribution in [3.63, 3.8) is 0 Å². The predicted molar refractivity (Wildman–Crippen MR) is 95.7 cm³/mol. The highest BCUT2D eigenvalue weighted by molar-refractivity contribution is 5.96. The fourth-order valence-electron chi connectivity index (χ4n) is 2.46. The van der Waals surface area contributed by atoms with E-state index in [1.165, 1.54) is 12.1 Å². The van der Waals surface area contributed by atoms with E-state index in [0.717, 1.165) is 4.68 Å². The Kier molecular flexibility index (Phi) is 4.89. The number of rotatable bonds is 5. The topological polar surface area (TPSA) is 107 Å². The quantitative estimate of drug-likeness (QED) is 0.722. The van der Waals surface area contributed by atoms with Gasteiger partial charge in [0.25, 0.3) is 11.5 Å². The Balaban J connectivity index is 1.90. The van der Waals surface area contributed by atoms with E-state index >= 15 is 0 Å². The lowest BCUT2D eigenvalue weighted by Crippen LogP contribution is -2.38. The molecule has 1 heterocycles. The Bertz CT molecular complexity index is 984. The van der Waals surface area contributed by atoms with Crippen LogP contribution in [-0.2, 0) is 4.79 Å². The number of nitrogens with one attached hydrogen (secondary N) is 1. The number of carbonyl (C=O) groups excluding carboxylic acids is 2. The van der Waals surface area contributed by atoms with Crippen molar-refractivity contribution in [1.82, 2.24) is 15.1 Å². The van der Waals surface area contributed by atoms with Gasteiger partial charge in [-0.05, 0) is 23.8 Å². The number of hydrogen-bond donors (Lipinski definition) is 2. The van der Waals surface area contributed by atoms with Gasteiger partial charge in [0.2, 0.25) is 5.91 Å². The van der Waals surface area contributed by atoms with Crippen LogP contribution >= 0.6 is 0 Å². The third-order valence-electron chi connectivity index (χ3n) is 3.73. The summed E-state index contributed by atoms with van der Waals surface area (Å²) in [6.45, 7) is 0. The zero-order valence-electron chi connectivity index (χ0n) is 13.7. The Labute approximate surface area is 149 Å². The SMILES string of the molecule is NC(=O)[C@@H](NC(=O)c1ccc(=O)n(-c2ccccc2)n1)c1ccccc1. The standard InChI is InChI=1S/C19H16N4O3/c20-18(25)17(13-7-3-1-4-8-13)21-19(26)15-11-12-16(24)23(22-15)14-9-5-2-6-10-14/h1-12,17H,(H2,20,25)(H,21,26)/t17-/m0/s1. The van der Waals surface area contributed by atoms with E-state index in [1.54, 1.807) is 54.6 Å². The van der Waals surface area contributed by atoms with Crippen molar-refractivity contribution in [3.8, 4) is 5.69 Å². The maximum atomic E-state index is 12.5. The molecular weight excluding hydrogens is 332 g/mol. The summed E-state index contributed by atoms with van der Waals surface area (Å²) in [5, 5.41) is 6.64. The molecule has 2 aromatic carbocycles. The molecule has 0 aliphatic rings. The van der Waals surface area contributed by atoms with Gasteiger partial charge in [0.15, 0.2) is 0 Å². The molecule has 0 saturated heterocycles. The second-order valence-electron chi connectivity index (χ2n) is 5.52. The molecule has 2 amide bonds. The third-order valence-corrected chi connectivity index (χ3v) is 3.73. The van der Waals surface area contributed by atoms with Crippen molar-refractivity contribution in [2.24, 2.45) is 5.73 Å². The number of primary amides is 1. The van der Waals surface area contributed by atoms with Crippen LogP contribution in [0.1, 0.15) is 22.1 Å². The van der Waals surface area contributed by atoms with Gasteiger partial charge in [-0.2, -0.15) is 9.78 Å². The molecule has 0 aliphatic heterocycles. The summed E-state index contributed by atoms with van der Waals surface area (Å²) in [6.07, 6.45) is 0. The van der Waals surface area contributed by atoms with Gasteiger partial charge in [-0.3, -0.25) is 14.4 Å². The highest BCUT2D eigenvalue weighted by Crippen LogP contribution is 2.12. The average molecular weight is 348 g/mol. The monoisotopic (exact) mass is 348 g/mol. The molecule has 0 radical (unpaired) electrons. The summed E-state index contributed by atoms with van der Waals surface area (Å²) in [7, 11) is 0. The molecule has 3 aromatic rings. The first-order valence-electron chi connectivity index (χ1n) is 7.87. The number of para-hydroxylation sites is 1. The Morgan fingerprint density at radius 1 is 0.923 bits per heavy atom. The minimum absolute atomic E-state index is 0.00404. The normalized spacial score (nSPS) is 11.5. The molecule has 7 nitrogen and oxygen atoms in total. The molecule has 1 atom stereocenters. The summed E-state index contributed by atoms with van der Waals surface area (Å²) in [5.41, 5.74) is 6.12. The number of carbonyl (C=O) groups is 2. The molecule has 0 bridgehead atoms. The van der Waals surface area contributed by atoms with Crippen LogP contribution in [0.15, 0.2) is 77.6 Å². The van der Waals surface area contributed by atoms with E-state index in [9.17, 15) is 14.4 Å². The molecule has 3 rings (SSSR count). The number of hydrogen-bond acceptors (Lipinski definition) is 4. The molecular formula is C19H16N4O3. The zero-order chi connectivity index (χ0) is 18.5. The van der Waals surface area contributed by atoms with Crippen LogP contribution in [0.25, 0.3) is 5.69 Å². The molecule has 26 heavy (non-hydrogen) atoms. The molecule has 0 spiro atoms. The smallest absolute Gasteiger partial charge is 0.272 e. The van der Waals surface area contributed by atoms with Gasteiger partial charge in [-0.1, -0.05) is 48.5 Å². The lowest BCUT2D eigenvalue weighted by Gasteiger charge is -2.16. The summed E-state index contributed by atoms with van der Waals surface area (Å²) in [6, 6.07) is 18.9.